The number of hydrogen-bond donors (Lipinski definition) is 1. The quantitative estimate of drug-likeness (QED) is 0.309. The van der Waals surface area contributed by atoms with Crippen molar-refractivity contribution < 1.29 is 19.4 Å². The average Bonchev–Trinajstić information content (AvgIpc) is 3.15. The van der Waals surface area contributed by atoms with Gasteiger partial charge in [-0.1, -0.05) is 25.2 Å². The molecule has 0 aliphatic carbocycles. The lowest BCUT2D eigenvalue weighted by Gasteiger charge is -2.04. The molecule has 1 aliphatic heterocycles. The molecular formula is C13H16O4. The maximum Gasteiger partial charge on any atom is 0.188 e. The molecule has 17 heavy (non-hydrogen) atoms. The topological polar surface area (TPSA) is 66.9 Å². The van der Waals surface area contributed by atoms with Crippen LogP contribution in [0, 0.1) is 0 Å². The lowest BCUT2D eigenvalue weighted by Crippen LogP contribution is -2.21. The van der Waals surface area contributed by atoms with Crippen LogP contribution in [-0.2, 0) is 14.3 Å². The first-order valence-corrected chi connectivity index (χ1v) is 5.52. The molecule has 1 N–H and O–H groups in total. The van der Waals surface area contributed by atoms with E-state index >= 15 is 0 Å². The first kappa shape index (κ1) is 13.5. The van der Waals surface area contributed by atoms with Gasteiger partial charge in [0.25, 0.3) is 0 Å². The molecule has 0 bridgehead atoms. The highest BCUT2D eigenvalue weighted by molar-refractivity contribution is 6.00. The number of aliphatic hydroxyl groups is 1. The summed E-state index contributed by atoms with van der Waals surface area (Å²) in [5.74, 6) is -0.510. The Morgan fingerprint density at radius 1 is 1.59 bits per heavy atom. The lowest BCUT2D eigenvalue weighted by atomic mass is 10.1. The fourth-order valence-electron chi connectivity index (χ4n) is 1.13. The van der Waals surface area contributed by atoms with E-state index in [1.165, 1.54) is 12.2 Å². The molecule has 0 amide bonds. The normalized spacial score (nSPS) is 22.0. The smallest absolute Gasteiger partial charge is 0.188 e. The van der Waals surface area contributed by atoms with E-state index in [0.717, 1.165) is 6.42 Å². The van der Waals surface area contributed by atoms with Crippen LogP contribution in [-0.4, -0.2) is 36.0 Å². The Morgan fingerprint density at radius 3 is 2.82 bits per heavy atom. The standard InChI is InChI=1S/C13H16O4/c1-2-3-4-5-10(8-14)13(16)12(15)7-6-11-9-17-11/h3-8,11,13,16H,2,9H2,1H3/b4-3+,7-6+,10-5+/t11-,13+/m1/s1. The van der Waals surface area contributed by atoms with Crippen LogP contribution in [0.1, 0.15) is 13.3 Å². The predicted molar refractivity (Wildman–Crippen MR) is 63.5 cm³/mol. The second kappa shape index (κ2) is 6.93. The highest BCUT2D eigenvalue weighted by Crippen LogP contribution is 2.11. The summed E-state index contributed by atoms with van der Waals surface area (Å²) in [6.45, 7) is 2.56. The Kier molecular flexibility index (Phi) is 5.52. The van der Waals surface area contributed by atoms with Crippen molar-refractivity contribution in [3.63, 3.8) is 0 Å². The van der Waals surface area contributed by atoms with Crippen molar-refractivity contribution in [2.75, 3.05) is 6.61 Å². The summed E-state index contributed by atoms with van der Waals surface area (Å²) in [7, 11) is 0. The molecule has 0 aromatic heterocycles. The van der Waals surface area contributed by atoms with E-state index in [-0.39, 0.29) is 11.7 Å². The van der Waals surface area contributed by atoms with Gasteiger partial charge in [-0.2, -0.15) is 0 Å². The molecule has 92 valence electrons. The Balaban J connectivity index is 2.60. The van der Waals surface area contributed by atoms with Crippen LogP contribution in [0.2, 0.25) is 0 Å². The molecule has 0 unspecified atom stereocenters. The molecule has 2 atom stereocenters. The maximum absolute atomic E-state index is 11.5. The Labute approximate surface area is 100 Å². The van der Waals surface area contributed by atoms with Crippen molar-refractivity contribution in [1.29, 1.82) is 0 Å². The number of rotatable bonds is 7. The van der Waals surface area contributed by atoms with Crippen LogP contribution in [0.3, 0.4) is 0 Å². The van der Waals surface area contributed by atoms with E-state index < -0.39 is 11.9 Å². The largest absolute Gasteiger partial charge is 0.380 e. The number of carbonyl (C=O) groups is 2. The van der Waals surface area contributed by atoms with E-state index in [2.05, 4.69) is 0 Å². The van der Waals surface area contributed by atoms with Crippen molar-refractivity contribution in [3.05, 3.63) is 36.0 Å². The van der Waals surface area contributed by atoms with Gasteiger partial charge in [-0.15, -0.1) is 0 Å². The minimum Gasteiger partial charge on any atom is -0.380 e. The van der Waals surface area contributed by atoms with E-state index in [0.29, 0.717) is 12.9 Å². The first-order chi connectivity index (χ1) is 8.19. The fraction of sp³-hybridized carbons (Fsp3) is 0.385. The second-order valence-corrected chi connectivity index (χ2v) is 3.66. The van der Waals surface area contributed by atoms with Gasteiger partial charge in [-0.25, -0.2) is 0 Å². The number of hydrogen-bond acceptors (Lipinski definition) is 4. The van der Waals surface area contributed by atoms with Gasteiger partial charge in [0.2, 0.25) is 0 Å². The zero-order chi connectivity index (χ0) is 12.7. The van der Waals surface area contributed by atoms with Gasteiger partial charge < -0.3 is 9.84 Å². The summed E-state index contributed by atoms with van der Waals surface area (Å²) in [5, 5.41) is 9.64. The third-order valence-corrected chi connectivity index (χ3v) is 2.22. The van der Waals surface area contributed by atoms with Crippen molar-refractivity contribution in [1.82, 2.24) is 0 Å². The second-order valence-electron chi connectivity index (χ2n) is 3.66. The molecule has 1 saturated heterocycles. The SMILES string of the molecule is CC/C=C/C=C(\C=O)[C@H](O)C(=O)/C=C/[C@@H]1CO1. The number of carbonyl (C=O) groups excluding carboxylic acids is 2. The molecule has 0 aromatic rings. The zero-order valence-electron chi connectivity index (χ0n) is 9.70. The summed E-state index contributed by atoms with van der Waals surface area (Å²) >= 11 is 0. The van der Waals surface area contributed by atoms with Crippen LogP contribution in [0.25, 0.3) is 0 Å². The number of ether oxygens (including phenoxy) is 1. The number of ketones is 1. The van der Waals surface area contributed by atoms with Gasteiger partial charge in [0.15, 0.2) is 5.78 Å². The molecular weight excluding hydrogens is 220 g/mol. The minimum atomic E-state index is -1.40. The van der Waals surface area contributed by atoms with Gasteiger partial charge in [-0.3, -0.25) is 9.59 Å². The van der Waals surface area contributed by atoms with Gasteiger partial charge >= 0.3 is 0 Å². The van der Waals surface area contributed by atoms with Crippen LogP contribution in [0.15, 0.2) is 36.0 Å². The monoisotopic (exact) mass is 236 g/mol. The summed E-state index contributed by atoms with van der Waals surface area (Å²) in [6.07, 6.45) is 7.65. The van der Waals surface area contributed by atoms with E-state index in [1.807, 2.05) is 13.0 Å². The van der Waals surface area contributed by atoms with E-state index in [9.17, 15) is 14.7 Å². The van der Waals surface area contributed by atoms with Crippen LogP contribution >= 0.6 is 0 Å². The first-order valence-electron chi connectivity index (χ1n) is 5.52. The van der Waals surface area contributed by atoms with Crippen molar-refractivity contribution in [3.8, 4) is 0 Å². The molecule has 1 fully saturated rings. The highest BCUT2D eigenvalue weighted by atomic mass is 16.6. The van der Waals surface area contributed by atoms with Crippen LogP contribution < -0.4 is 0 Å². The highest BCUT2D eigenvalue weighted by Gasteiger charge is 2.21. The van der Waals surface area contributed by atoms with Crippen molar-refractivity contribution in [2.24, 2.45) is 0 Å². The zero-order valence-corrected chi connectivity index (χ0v) is 9.70. The van der Waals surface area contributed by atoms with Gasteiger partial charge in [0.1, 0.15) is 12.4 Å². The lowest BCUT2D eigenvalue weighted by molar-refractivity contribution is -0.122. The summed E-state index contributed by atoms with van der Waals surface area (Å²) < 4.78 is 4.89. The fourth-order valence-corrected chi connectivity index (χ4v) is 1.13. The van der Waals surface area contributed by atoms with Crippen molar-refractivity contribution >= 4 is 12.1 Å². The predicted octanol–water partition coefficient (Wildman–Crippen LogP) is 0.963. The molecule has 1 heterocycles. The maximum atomic E-state index is 11.5. The minimum absolute atomic E-state index is 0.0187. The molecule has 1 aliphatic rings. The molecule has 0 aromatic carbocycles. The Bertz CT molecular complexity index is 362. The van der Waals surface area contributed by atoms with E-state index in [1.54, 1.807) is 12.2 Å². The molecule has 4 nitrogen and oxygen atoms in total. The molecule has 0 radical (unpaired) electrons. The third-order valence-electron chi connectivity index (χ3n) is 2.22. The number of allylic oxidation sites excluding steroid dienone is 3. The summed E-state index contributed by atoms with van der Waals surface area (Å²) in [6, 6.07) is 0. The molecule has 4 heteroatoms. The van der Waals surface area contributed by atoms with Crippen LogP contribution in [0.4, 0.5) is 0 Å². The van der Waals surface area contributed by atoms with Crippen LogP contribution in [0.5, 0.6) is 0 Å². The Morgan fingerprint density at radius 2 is 2.29 bits per heavy atom. The number of epoxide rings is 1. The van der Waals surface area contributed by atoms with E-state index in [4.69, 9.17) is 4.74 Å². The number of aldehydes is 1. The summed E-state index contributed by atoms with van der Waals surface area (Å²) in [5.41, 5.74) is 0.0565. The molecule has 0 spiro atoms. The summed E-state index contributed by atoms with van der Waals surface area (Å²) in [4.78, 5) is 22.2. The third kappa shape index (κ3) is 4.89. The van der Waals surface area contributed by atoms with Gasteiger partial charge in [0.05, 0.1) is 12.7 Å². The average molecular weight is 236 g/mol. The molecule has 1 rings (SSSR count). The number of aliphatic hydroxyl groups excluding tert-OH is 1. The Hall–Kier alpha value is -1.52. The molecule has 0 saturated carbocycles. The van der Waals surface area contributed by atoms with Crippen molar-refractivity contribution in [2.45, 2.75) is 25.6 Å². The van der Waals surface area contributed by atoms with Gasteiger partial charge in [-0.05, 0) is 18.6 Å². The van der Waals surface area contributed by atoms with Gasteiger partial charge in [0, 0.05) is 5.57 Å².